The van der Waals surface area contributed by atoms with Crippen LogP contribution in [0, 0.1) is 5.92 Å². The van der Waals surface area contributed by atoms with Crippen LogP contribution in [0.1, 0.15) is 20.3 Å². The maximum absolute atomic E-state index is 14.1. The number of thioether (sulfide) groups is 1. The van der Waals surface area contributed by atoms with Gasteiger partial charge in [0.2, 0.25) is 0 Å². The van der Waals surface area contributed by atoms with Crippen LogP contribution in [-0.2, 0) is 4.57 Å². The highest BCUT2D eigenvalue weighted by Gasteiger charge is 2.36. The third kappa shape index (κ3) is 3.62. The summed E-state index contributed by atoms with van der Waals surface area (Å²) >= 11 is 1.73. The maximum Gasteiger partial charge on any atom is 0.155 e. The quantitative estimate of drug-likeness (QED) is 0.716. The lowest BCUT2D eigenvalue weighted by molar-refractivity contribution is 0.566. The summed E-state index contributed by atoms with van der Waals surface area (Å²) in [7, 11) is -2.63. The molecule has 2 rings (SSSR count). The fraction of sp³-hybridized carbons (Fsp3) is 0.333. The topological polar surface area (TPSA) is 17.1 Å². The van der Waals surface area contributed by atoms with Crippen LogP contribution in [0.3, 0.4) is 0 Å². The van der Waals surface area contributed by atoms with E-state index in [2.05, 4.69) is 20.1 Å². The van der Waals surface area contributed by atoms with Crippen molar-refractivity contribution in [2.75, 3.05) is 6.26 Å². The zero-order chi connectivity index (χ0) is 15.3. The van der Waals surface area contributed by atoms with E-state index in [9.17, 15) is 4.57 Å². The minimum Gasteiger partial charge on any atom is -0.312 e. The van der Waals surface area contributed by atoms with Gasteiger partial charge in [0.05, 0.1) is 4.99 Å². The summed E-state index contributed by atoms with van der Waals surface area (Å²) < 4.78 is 14.1. The Bertz CT molecular complexity index is 552. The molecule has 1 atom stereocenters. The fourth-order valence-corrected chi connectivity index (χ4v) is 7.98. The normalized spacial score (nSPS) is 13.3. The Morgan fingerprint density at radius 2 is 1.33 bits per heavy atom. The highest BCUT2D eigenvalue weighted by atomic mass is 32.2. The average molecular weight is 318 g/mol. The molecule has 0 bridgehead atoms. The van der Waals surface area contributed by atoms with E-state index >= 15 is 0 Å². The summed E-state index contributed by atoms with van der Waals surface area (Å²) in [5.41, 5.74) is 0. The third-order valence-electron chi connectivity index (χ3n) is 3.63. The summed E-state index contributed by atoms with van der Waals surface area (Å²) in [5.74, 6) is 0.531. The molecule has 0 saturated carbocycles. The van der Waals surface area contributed by atoms with E-state index in [-0.39, 0.29) is 4.99 Å². The van der Waals surface area contributed by atoms with Crippen LogP contribution in [0.2, 0.25) is 0 Å². The second-order valence-corrected chi connectivity index (χ2v) is 10.0. The number of benzene rings is 2. The van der Waals surface area contributed by atoms with Crippen molar-refractivity contribution in [3.8, 4) is 0 Å². The van der Waals surface area contributed by atoms with Crippen LogP contribution in [0.15, 0.2) is 60.7 Å². The molecule has 1 nitrogen and oxygen atoms in total. The van der Waals surface area contributed by atoms with Gasteiger partial charge in [-0.1, -0.05) is 74.5 Å². The number of hydrogen-bond acceptors (Lipinski definition) is 2. The van der Waals surface area contributed by atoms with Crippen molar-refractivity contribution in [3.63, 3.8) is 0 Å². The van der Waals surface area contributed by atoms with Crippen molar-refractivity contribution >= 4 is 29.5 Å². The molecule has 0 aliphatic carbocycles. The minimum absolute atomic E-state index is 0.127. The van der Waals surface area contributed by atoms with Gasteiger partial charge < -0.3 is 4.57 Å². The summed E-state index contributed by atoms with van der Waals surface area (Å²) in [6.45, 7) is 4.40. The Morgan fingerprint density at radius 3 is 1.67 bits per heavy atom. The molecule has 0 aliphatic rings. The highest BCUT2D eigenvalue weighted by Crippen LogP contribution is 2.54. The lowest BCUT2D eigenvalue weighted by Gasteiger charge is -2.28. The van der Waals surface area contributed by atoms with Crippen LogP contribution < -0.4 is 10.6 Å². The van der Waals surface area contributed by atoms with Gasteiger partial charge in [-0.2, -0.15) is 11.8 Å². The summed E-state index contributed by atoms with van der Waals surface area (Å²) in [5, 5.41) is 1.94. The van der Waals surface area contributed by atoms with Crippen LogP contribution in [0.25, 0.3) is 0 Å². The average Bonchev–Trinajstić information content (AvgIpc) is 2.53. The maximum atomic E-state index is 14.1. The smallest absolute Gasteiger partial charge is 0.155 e. The van der Waals surface area contributed by atoms with Gasteiger partial charge in [0, 0.05) is 10.6 Å². The molecule has 2 aromatic carbocycles. The van der Waals surface area contributed by atoms with Gasteiger partial charge in [-0.15, -0.1) is 0 Å². The molecule has 0 N–H and O–H groups in total. The Kier molecular flexibility index (Phi) is 5.72. The second-order valence-electron chi connectivity index (χ2n) is 5.65. The molecule has 2 aromatic rings. The Labute approximate surface area is 132 Å². The predicted octanol–water partition coefficient (Wildman–Crippen LogP) is 4.74. The van der Waals surface area contributed by atoms with Crippen molar-refractivity contribution in [3.05, 3.63) is 60.7 Å². The van der Waals surface area contributed by atoms with Crippen LogP contribution in [0.4, 0.5) is 0 Å². The standard InChI is InChI=1S/C18H23OPS/c1-15(2)14-18(21-3)20(19,16-10-6-4-7-11-16)17-12-8-5-9-13-17/h4-13,15,18H,14H2,1-3H3. The fourth-order valence-electron chi connectivity index (χ4n) is 2.58. The SMILES string of the molecule is CSC(CC(C)C)P(=O)(c1ccccc1)c1ccccc1. The van der Waals surface area contributed by atoms with Crippen molar-refractivity contribution in [2.24, 2.45) is 5.92 Å². The van der Waals surface area contributed by atoms with Crippen molar-refractivity contribution in [1.29, 1.82) is 0 Å². The van der Waals surface area contributed by atoms with Gasteiger partial charge in [0.1, 0.15) is 0 Å². The Hall–Kier alpha value is -0.980. The van der Waals surface area contributed by atoms with Crippen LogP contribution >= 0.6 is 18.9 Å². The van der Waals surface area contributed by atoms with Crippen molar-refractivity contribution in [2.45, 2.75) is 25.3 Å². The minimum atomic E-state index is -2.63. The Morgan fingerprint density at radius 1 is 0.905 bits per heavy atom. The van der Waals surface area contributed by atoms with Crippen LogP contribution in [-0.4, -0.2) is 11.2 Å². The highest BCUT2D eigenvalue weighted by molar-refractivity contribution is 8.08. The van der Waals surface area contributed by atoms with Gasteiger partial charge in [0.25, 0.3) is 0 Å². The largest absolute Gasteiger partial charge is 0.312 e. The zero-order valence-electron chi connectivity index (χ0n) is 12.9. The van der Waals surface area contributed by atoms with E-state index in [0.29, 0.717) is 5.92 Å². The van der Waals surface area contributed by atoms with Gasteiger partial charge in [0.15, 0.2) is 7.14 Å². The molecule has 1 unspecified atom stereocenters. The molecule has 0 aromatic heterocycles. The van der Waals surface area contributed by atoms with E-state index in [0.717, 1.165) is 17.0 Å². The Balaban J connectivity index is 2.57. The molecule has 0 fully saturated rings. The van der Waals surface area contributed by atoms with E-state index < -0.39 is 7.14 Å². The van der Waals surface area contributed by atoms with E-state index in [1.54, 1.807) is 11.8 Å². The van der Waals surface area contributed by atoms with Gasteiger partial charge in [-0.25, -0.2) is 0 Å². The van der Waals surface area contributed by atoms with Crippen molar-refractivity contribution < 1.29 is 4.57 Å². The van der Waals surface area contributed by atoms with Gasteiger partial charge in [-0.05, 0) is 18.6 Å². The van der Waals surface area contributed by atoms with E-state index in [1.165, 1.54) is 0 Å². The molecule has 21 heavy (non-hydrogen) atoms. The number of rotatable bonds is 6. The first-order valence-corrected chi connectivity index (χ1v) is 10.4. The molecule has 112 valence electrons. The number of hydrogen-bond donors (Lipinski definition) is 0. The van der Waals surface area contributed by atoms with Gasteiger partial charge in [-0.3, -0.25) is 0 Å². The molecule has 3 heteroatoms. The first-order valence-electron chi connectivity index (χ1n) is 7.32. The summed E-state index contributed by atoms with van der Waals surface area (Å²) in [6, 6.07) is 19.9. The molecule has 0 aliphatic heterocycles. The summed E-state index contributed by atoms with van der Waals surface area (Å²) in [6.07, 6.45) is 3.04. The molecule has 0 amide bonds. The monoisotopic (exact) mass is 318 g/mol. The van der Waals surface area contributed by atoms with Crippen molar-refractivity contribution in [1.82, 2.24) is 0 Å². The molecular formula is C18H23OPS. The third-order valence-corrected chi connectivity index (χ3v) is 9.04. The van der Waals surface area contributed by atoms with Gasteiger partial charge >= 0.3 is 0 Å². The molecule has 0 saturated heterocycles. The lowest BCUT2D eigenvalue weighted by Crippen LogP contribution is -2.25. The first-order chi connectivity index (χ1) is 10.1. The molecule has 0 spiro atoms. The molecule has 0 heterocycles. The predicted molar refractivity (Wildman–Crippen MR) is 96.5 cm³/mol. The van der Waals surface area contributed by atoms with E-state index in [1.807, 2.05) is 60.7 Å². The van der Waals surface area contributed by atoms with E-state index in [4.69, 9.17) is 0 Å². The molecule has 0 radical (unpaired) electrons. The zero-order valence-corrected chi connectivity index (χ0v) is 14.6. The lowest BCUT2D eigenvalue weighted by atomic mass is 10.2. The summed E-state index contributed by atoms with van der Waals surface area (Å²) in [4.78, 5) is 0.127. The first kappa shape index (κ1) is 16.4. The molecular weight excluding hydrogens is 295 g/mol. The second kappa shape index (κ2) is 7.33. The van der Waals surface area contributed by atoms with Crippen LogP contribution in [0.5, 0.6) is 0 Å².